The van der Waals surface area contributed by atoms with E-state index < -0.39 is 29.7 Å². The van der Waals surface area contributed by atoms with Gasteiger partial charge >= 0.3 is 5.97 Å². The van der Waals surface area contributed by atoms with Crippen LogP contribution in [0.15, 0.2) is 36.4 Å². The SMILES string of the molecule is COc1cc(C(=O)[C@H]2COC(=O)[C@@H]2C(O)c2ccc(O)c(OC)c2)ccc1O. The van der Waals surface area contributed by atoms with Gasteiger partial charge in [-0.1, -0.05) is 6.07 Å². The first-order valence-electron chi connectivity index (χ1n) is 8.50. The molecular formula is C20H20O8. The third-order valence-corrected chi connectivity index (χ3v) is 4.80. The lowest BCUT2D eigenvalue weighted by Gasteiger charge is -2.21. The van der Waals surface area contributed by atoms with Crippen molar-refractivity contribution in [2.24, 2.45) is 11.8 Å². The molecule has 3 N–H and O–H groups in total. The molecule has 8 heteroatoms. The number of methoxy groups -OCH3 is 2. The summed E-state index contributed by atoms with van der Waals surface area (Å²) in [6.07, 6.45) is -1.34. The number of Topliss-reactive ketones (excluding diaryl/α,β-unsaturated/α-hetero) is 1. The smallest absolute Gasteiger partial charge is 0.312 e. The lowest BCUT2D eigenvalue weighted by molar-refractivity contribution is -0.144. The van der Waals surface area contributed by atoms with Crippen LogP contribution >= 0.6 is 0 Å². The van der Waals surface area contributed by atoms with Crippen LogP contribution in [-0.4, -0.2) is 47.9 Å². The van der Waals surface area contributed by atoms with Gasteiger partial charge < -0.3 is 29.5 Å². The second kappa shape index (κ2) is 7.77. The Hall–Kier alpha value is -3.26. The molecule has 0 saturated carbocycles. The fraction of sp³-hybridized carbons (Fsp3) is 0.300. The van der Waals surface area contributed by atoms with Crippen LogP contribution in [0.1, 0.15) is 22.0 Å². The number of aromatic hydroxyl groups is 2. The minimum atomic E-state index is -1.34. The Morgan fingerprint density at radius 1 is 1.07 bits per heavy atom. The molecule has 1 heterocycles. The van der Waals surface area contributed by atoms with Crippen molar-refractivity contribution in [3.8, 4) is 23.0 Å². The molecule has 3 rings (SSSR count). The highest BCUT2D eigenvalue weighted by Gasteiger charge is 2.46. The maximum atomic E-state index is 13.0. The van der Waals surface area contributed by atoms with Crippen molar-refractivity contribution in [1.29, 1.82) is 0 Å². The minimum absolute atomic E-state index is 0.115. The number of esters is 1. The van der Waals surface area contributed by atoms with Gasteiger partial charge in [0.25, 0.3) is 0 Å². The van der Waals surface area contributed by atoms with Crippen LogP contribution in [0.2, 0.25) is 0 Å². The number of phenols is 2. The topological polar surface area (TPSA) is 123 Å². The van der Waals surface area contributed by atoms with Gasteiger partial charge in [-0.15, -0.1) is 0 Å². The molecule has 1 unspecified atom stereocenters. The van der Waals surface area contributed by atoms with Gasteiger partial charge in [-0.3, -0.25) is 9.59 Å². The first kappa shape index (κ1) is 19.5. The van der Waals surface area contributed by atoms with E-state index in [1.807, 2.05) is 0 Å². The van der Waals surface area contributed by atoms with E-state index in [0.717, 1.165) is 0 Å². The van der Waals surface area contributed by atoms with Gasteiger partial charge in [-0.25, -0.2) is 0 Å². The summed E-state index contributed by atoms with van der Waals surface area (Å²) in [5.41, 5.74) is 0.526. The number of carbonyl (C=O) groups is 2. The van der Waals surface area contributed by atoms with E-state index >= 15 is 0 Å². The molecule has 1 fully saturated rings. The number of aliphatic hydroxyl groups is 1. The third-order valence-electron chi connectivity index (χ3n) is 4.80. The van der Waals surface area contributed by atoms with E-state index in [0.29, 0.717) is 5.56 Å². The van der Waals surface area contributed by atoms with Gasteiger partial charge in [0, 0.05) is 5.56 Å². The molecule has 0 spiro atoms. The Balaban J connectivity index is 1.91. The summed E-state index contributed by atoms with van der Waals surface area (Å²) >= 11 is 0. The van der Waals surface area contributed by atoms with Crippen LogP contribution in [0.4, 0.5) is 0 Å². The van der Waals surface area contributed by atoms with Crippen LogP contribution in [0.25, 0.3) is 0 Å². The quantitative estimate of drug-likeness (QED) is 0.506. The van der Waals surface area contributed by atoms with Crippen LogP contribution in [0.5, 0.6) is 23.0 Å². The highest BCUT2D eigenvalue weighted by molar-refractivity contribution is 6.01. The predicted molar refractivity (Wildman–Crippen MR) is 96.5 cm³/mol. The van der Waals surface area contributed by atoms with Gasteiger partial charge in [0.05, 0.1) is 26.2 Å². The normalized spacial score (nSPS) is 19.8. The molecule has 2 aromatic rings. The van der Waals surface area contributed by atoms with Gasteiger partial charge in [-0.2, -0.15) is 0 Å². The van der Waals surface area contributed by atoms with E-state index in [1.165, 1.54) is 50.6 Å². The molecule has 0 radical (unpaired) electrons. The number of hydrogen-bond acceptors (Lipinski definition) is 8. The second-order valence-electron chi connectivity index (χ2n) is 6.39. The van der Waals surface area contributed by atoms with Crippen molar-refractivity contribution < 1.29 is 39.1 Å². The highest BCUT2D eigenvalue weighted by atomic mass is 16.5. The summed E-state index contributed by atoms with van der Waals surface area (Å²) in [7, 11) is 2.72. The Bertz CT molecular complexity index is 907. The average molecular weight is 388 g/mol. The summed E-state index contributed by atoms with van der Waals surface area (Å²) in [5, 5.41) is 30.2. The number of ether oxygens (including phenoxy) is 3. The monoisotopic (exact) mass is 388 g/mol. The number of benzene rings is 2. The van der Waals surface area contributed by atoms with E-state index in [-0.39, 0.29) is 35.2 Å². The van der Waals surface area contributed by atoms with Crippen LogP contribution in [0.3, 0.4) is 0 Å². The minimum Gasteiger partial charge on any atom is -0.504 e. The summed E-state index contributed by atoms with van der Waals surface area (Å²) in [5.74, 6) is -3.13. The number of phenolic OH excluding ortho intramolecular Hbond substituents is 2. The third kappa shape index (κ3) is 3.46. The highest BCUT2D eigenvalue weighted by Crippen LogP contribution is 2.39. The molecule has 3 atom stereocenters. The Labute approximate surface area is 160 Å². The zero-order valence-corrected chi connectivity index (χ0v) is 15.3. The van der Waals surface area contributed by atoms with Crippen LogP contribution in [-0.2, 0) is 9.53 Å². The van der Waals surface area contributed by atoms with E-state index in [4.69, 9.17) is 14.2 Å². The molecule has 0 amide bonds. The maximum absolute atomic E-state index is 13.0. The van der Waals surface area contributed by atoms with E-state index in [9.17, 15) is 24.9 Å². The van der Waals surface area contributed by atoms with Crippen molar-refractivity contribution >= 4 is 11.8 Å². The van der Waals surface area contributed by atoms with Crippen molar-refractivity contribution in [1.82, 2.24) is 0 Å². The molecule has 1 aliphatic rings. The summed E-state index contributed by atoms with van der Waals surface area (Å²) < 4.78 is 15.1. The lowest BCUT2D eigenvalue weighted by Crippen LogP contribution is -2.29. The number of ketones is 1. The fourth-order valence-corrected chi connectivity index (χ4v) is 3.25. The van der Waals surface area contributed by atoms with Crippen LogP contribution < -0.4 is 9.47 Å². The summed E-state index contributed by atoms with van der Waals surface area (Å²) in [4.78, 5) is 25.2. The molecular weight excluding hydrogens is 368 g/mol. The Morgan fingerprint density at radius 3 is 2.32 bits per heavy atom. The largest absolute Gasteiger partial charge is 0.504 e. The summed E-state index contributed by atoms with van der Waals surface area (Å²) in [6, 6.07) is 8.28. The number of aliphatic hydroxyl groups excluding tert-OH is 1. The van der Waals surface area contributed by atoms with E-state index in [1.54, 1.807) is 0 Å². The number of hydrogen-bond donors (Lipinski definition) is 3. The Morgan fingerprint density at radius 2 is 1.68 bits per heavy atom. The first-order valence-corrected chi connectivity index (χ1v) is 8.50. The molecule has 148 valence electrons. The maximum Gasteiger partial charge on any atom is 0.312 e. The van der Waals surface area contributed by atoms with Crippen molar-refractivity contribution in [2.75, 3.05) is 20.8 Å². The Kier molecular flexibility index (Phi) is 5.41. The second-order valence-corrected chi connectivity index (χ2v) is 6.39. The molecule has 1 saturated heterocycles. The number of cyclic esters (lactones) is 1. The van der Waals surface area contributed by atoms with Gasteiger partial charge in [0.1, 0.15) is 12.5 Å². The average Bonchev–Trinajstić information content (AvgIpc) is 3.09. The molecule has 0 aromatic heterocycles. The molecule has 0 aliphatic carbocycles. The van der Waals surface area contributed by atoms with Crippen LogP contribution in [0, 0.1) is 11.8 Å². The molecule has 1 aliphatic heterocycles. The summed E-state index contributed by atoms with van der Waals surface area (Å²) in [6.45, 7) is -0.169. The zero-order chi connectivity index (χ0) is 20.4. The molecule has 8 nitrogen and oxygen atoms in total. The fourth-order valence-electron chi connectivity index (χ4n) is 3.25. The number of rotatable bonds is 6. The van der Waals surface area contributed by atoms with Gasteiger partial charge in [0.2, 0.25) is 0 Å². The lowest BCUT2D eigenvalue weighted by atomic mass is 9.82. The van der Waals surface area contributed by atoms with Gasteiger partial charge in [0.15, 0.2) is 28.8 Å². The molecule has 0 bridgehead atoms. The molecule has 28 heavy (non-hydrogen) atoms. The zero-order valence-electron chi connectivity index (χ0n) is 15.3. The molecule has 2 aromatic carbocycles. The van der Waals surface area contributed by atoms with Gasteiger partial charge in [-0.05, 0) is 35.9 Å². The first-order chi connectivity index (χ1) is 13.4. The number of carbonyl (C=O) groups excluding carboxylic acids is 2. The standard InChI is InChI=1S/C20H20O8/c1-26-15-7-10(3-5-13(15)21)18(23)12-9-28-20(25)17(12)19(24)11-4-6-14(22)16(8-11)27-2/h3-8,12,17,19,21-22,24H,9H2,1-2H3/t12-,17-,19?/m0/s1. The predicted octanol–water partition coefficient (Wildman–Crippen LogP) is 1.82. The van der Waals surface area contributed by atoms with Crippen molar-refractivity contribution in [2.45, 2.75) is 6.10 Å². The van der Waals surface area contributed by atoms with E-state index in [2.05, 4.69) is 0 Å². The van der Waals surface area contributed by atoms with Crippen molar-refractivity contribution in [3.05, 3.63) is 47.5 Å². The van der Waals surface area contributed by atoms with Crippen molar-refractivity contribution in [3.63, 3.8) is 0 Å².